The number of amides is 1. The van der Waals surface area contributed by atoms with Gasteiger partial charge in [0.1, 0.15) is 5.75 Å². The summed E-state index contributed by atoms with van der Waals surface area (Å²) in [5, 5.41) is 0. The van der Waals surface area contributed by atoms with E-state index in [0.29, 0.717) is 13.0 Å². The summed E-state index contributed by atoms with van der Waals surface area (Å²) in [5.41, 5.74) is 4.88. The zero-order valence-corrected chi connectivity index (χ0v) is 14.7. The van der Waals surface area contributed by atoms with Gasteiger partial charge in [-0.3, -0.25) is 4.79 Å². The second kappa shape index (κ2) is 7.08. The van der Waals surface area contributed by atoms with Gasteiger partial charge >= 0.3 is 0 Å². The molecule has 2 aromatic rings. The fourth-order valence-electron chi connectivity index (χ4n) is 3.28. The summed E-state index contributed by atoms with van der Waals surface area (Å²) in [5.74, 6) is 0.894. The second-order valence-electron chi connectivity index (χ2n) is 6.56. The summed E-state index contributed by atoms with van der Waals surface area (Å²) < 4.78 is 6.06. The number of benzene rings is 2. The monoisotopic (exact) mass is 323 g/mol. The molecule has 0 bridgehead atoms. The Balaban J connectivity index is 1.73. The van der Waals surface area contributed by atoms with Crippen LogP contribution in [-0.2, 0) is 17.8 Å². The first-order valence-corrected chi connectivity index (χ1v) is 8.68. The molecule has 1 atom stereocenters. The fraction of sp³-hybridized carbons (Fsp3) is 0.381. The first-order chi connectivity index (χ1) is 11.6. The van der Waals surface area contributed by atoms with E-state index in [1.165, 1.54) is 16.7 Å². The van der Waals surface area contributed by atoms with Gasteiger partial charge in [-0.1, -0.05) is 48.9 Å². The van der Waals surface area contributed by atoms with Gasteiger partial charge in [0.05, 0.1) is 0 Å². The van der Waals surface area contributed by atoms with Gasteiger partial charge in [0.25, 0.3) is 5.91 Å². The van der Waals surface area contributed by atoms with Crippen LogP contribution < -0.4 is 4.74 Å². The van der Waals surface area contributed by atoms with Crippen LogP contribution >= 0.6 is 0 Å². The van der Waals surface area contributed by atoms with Gasteiger partial charge in [-0.25, -0.2) is 0 Å². The number of aryl methyl sites for hydroxylation is 2. The van der Waals surface area contributed by atoms with Gasteiger partial charge < -0.3 is 9.64 Å². The van der Waals surface area contributed by atoms with Crippen molar-refractivity contribution in [3.8, 4) is 5.75 Å². The van der Waals surface area contributed by atoms with Crippen LogP contribution in [0.2, 0.25) is 0 Å². The van der Waals surface area contributed by atoms with E-state index < -0.39 is 6.10 Å². The number of hydrogen-bond acceptors (Lipinski definition) is 2. The highest BCUT2D eigenvalue weighted by Gasteiger charge is 2.27. The molecule has 1 heterocycles. The van der Waals surface area contributed by atoms with Gasteiger partial charge in [-0.2, -0.15) is 0 Å². The lowest BCUT2D eigenvalue weighted by Gasteiger charge is -2.31. The van der Waals surface area contributed by atoms with E-state index >= 15 is 0 Å². The van der Waals surface area contributed by atoms with Gasteiger partial charge in [0.15, 0.2) is 6.10 Å². The number of fused-ring (bicyclic) bond motifs is 1. The maximum atomic E-state index is 12.9. The molecule has 0 aromatic heterocycles. The van der Waals surface area contributed by atoms with Crippen molar-refractivity contribution in [3.63, 3.8) is 0 Å². The maximum Gasteiger partial charge on any atom is 0.263 e. The molecule has 0 saturated carbocycles. The van der Waals surface area contributed by atoms with Gasteiger partial charge in [-0.05, 0) is 49.4 Å². The van der Waals surface area contributed by atoms with Crippen LogP contribution in [0.5, 0.6) is 5.75 Å². The lowest BCUT2D eigenvalue weighted by atomic mass is 9.99. The predicted molar refractivity (Wildman–Crippen MR) is 96.2 cm³/mol. The van der Waals surface area contributed by atoms with Gasteiger partial charge in [0, 0.05) is 13.1 Å². The predicted octanol–water partition coefficient (Wildman–Crippen LogP) is 4.05. The third-order valence-electron chi connectivity index (χ3n) is 4.69. The molecule has 0 radical (unpaired) electrons. The molecule has 1 aliphatic rings. The third kappa shape index (κ3) is 3.45. The molecule has 3 rings (SSSR count). The number of ether oxygens (including phenoxy) is 1. The average Bonchev–Trinajstić information content (AvgIpc) is 2.60. The van der Waals surface area contributed by atoms with E-state index in [4.69, 9.17) is 4.74 Å². The Bertz CT molecular complexity index is 738. The van der Waals surface area contributed by atoms with E-state index in [2.05, 4.69) is 31.2 Å². The Hall–Kier alpha value is -2.29. The summed E-state index contributed by atoms with van der Waals surface area (Å²) in [6, 6.07) is 14.4. The third-order valence-corrected chi connectivity index (χ3v) is 4.69. The number of carbonyl (C=O) groups is 1. The number of carbonyl (C=O) groups excluding carboxylic acids is 1. The maximum absolute atomic E-state index is 12.9. The van der Waals surface area contributed by atoms with E-state index in [1.54, 1.807) is 0 Å². The van der Waals surface area contributed by atoms with Crippen molar-refractivity contribution in [2.24, 2.45) is 0 Å². The summed E-state index contributed by atoms with van der Waals surface area (Å²) in [6.07, 6.45) is 1.17. The van der Waals surface area contributed by atoms with Crippen LogP contribution in [-0.4, -0.2) is 23.5 Å². The molecule has 0 fully saturated rings. The number of hydrogen-bond donors (Lipinski definition) is 0. The largest absolute Gasteiger partial charge is 0.480 e. The SMILES string of the molecule is CCC(Oc1ccc(C)cc1C)C(=O)N1CCc2ccccc2C1. The smallest absolute Gasteiger partial charge is 0.263 e. The van der Waals surface area contributed by atoms with E-state index in [1.807, 2.05) is 36.9 Å². The zero-order chi connectivity index (χ0) is 17.1. The van der Waals surface area contributed by atoms with Crippen molar-refractivity contribution in [3.05, 3.63) is 64.7 Å². The van der Waals surface area contributed by atoms with Crippen LogP contribution in [0.15, 0.2) is 42.5 Å². The Morgan fingerprint density at radius 1 is 1.17 bits per heavy atom. The van der Waals surface area contributed by atoms with Crippen LogP contribution in [0.4, 0.5) is 0 Å². The van der Waals surface area contributed by atoms with Crippen LogP contribution in [0.1, 0.15) is 35.6 Å². The van der Waals surface area contributed by atoms with E-state index in [9.17, 15) is 4.79 Å². The minimum absolute atomic E-state index is 0.0898. The molecule has 24 heavy (non-hydrogen) atoms. The molecule has 3 heteroatoms. The minimum atomic E-state index is -0.420. The molecule has 3 nitrogen and oxygen atoms in total. The molecule has 1 aliphatic heterocycles. The molecule has 0 spiro atoms. The fourth-order valence-corrected chi connectivity index (χ4v) is 3.28. The summed E-state index contributed by atoms with van der Waals surface area (Å²) in [4.78, 5) is 14.9. The molecule has 1 amide bonds. The zero-order valence-electron chi connectivity index (χ0n) is 14.7. The van der Waals surface area contributed by atoms with Crippen LogP contribution in [0.3, 0.4) is 0 Å². The minimum Gasteiger partial charge on any atom is -0.480 e. The van der Waals surface area contributed by atoms with Crippen LogP contribution in [0.25, 0.3) is 0 Å². The second-order valence-corrected chi connectivity index (χ2v) is 6.56. The van der Waals surface area contributed by atoms with Crippen LogP contribution in [0, 0.1) is 13.8 Å². The first-order valence-electron chi connectivity index (χ1n) is 8.68. The molecule has 126 valence electrons. The molecule has 0 aliphatic carbocycles. The normalized spacial score (nSPS) is 14.9. The molecular weight excluding hydrogens is 298 g/mol. The Morgan fingerprint density at radius 2 is 1.92 bits per heavy atom. The standard InChI is InChI=1S/C21H25NO2/c1-4-19(24-20-10-9-15(2)13-16(20)3)21(23)22-12-11-17-7-5-6-8-18(17)14-22/h5-10,13,19H,4,11-12,14H2,1-3H3. The Morgan fingerprint density at radius 3 is 2.62 bits per heavy atom. The van der Waals surface area contributed by atoms with E-state index in [-0.39, 0.29) is 5.91 Å². The average molecular weight is 323 g/mol. The number of rotatable bonds is 4. The quantitative estimate of drug-likeness (QED) is 0.849. The summed E-state index contributed by atoms with van der Waals surface area (Å²) in [6.45, 7) is 7.54. The van der Waals surface area contributed by atoms with Crippen molar-refractivity contribution in [1.82, 2.24) is 4.90 Å². The van der Waals surface area contributed by atoms with Crippen molar-refractivity contribution in [1.29, 1.82) is 0 Å². The Kier molecular flexibility index (Phi) is 4.89. The number of nitrogens with zero attached hydrogens (tertiary/aromatic N) is 1. The summed E-state index contributed by atoms with van der Waals surface area (Å²) in [7, 11) is 0. The first kappa shape index (κ1) is 16.6. The van der Waals surface area contributed by atoms with Gasteiger partial charge in [0.2, 0.25) is 0 Å². The highest BCUT2D eigenvalue weighted by molar-refractivity contribution is 5.81. The van der Waals surface area contributed by atoms with Crippen molar-refractivity contribution >= 4 is 5.91 Å². The highest BCUT2D eigenvalue weighted by atomic mass is 16.5. The van der Waals surface area contributed by atoms with Crippen molar-refractivity contribution in [2.45, 2.75) is 46.3 Å². The van der Waals surface area contributed by atoms with Crippen molar-refractivity contribution in [2.75, 3.05) is 6.54 Å². The molecule has 0 N–H and O–H groups in total. The molecule has 1 unspecified atom stereocenters. The Labute approximate surface area is 144 Å². The lowest BCUT2D eigenvalue weighted by molar-refractivity contribution is -0.139. The lowest BCUT2D eigenvalue weighted by Crippen LogP contribution is -2.44. The van der Waals surface area contributed by atoms with E-state index in [0.717, 1.165) is 24.3 Å². The molecule has 2 aromatic carbocycles. The van der Waals surface area contributed by atoms with Crippen molar-refractivity contribution < 1.29 is 9.53 Å². The molecule has 0 saturated heterocycles. The topological polar surface area (TPSA) is 29.5 Å². The summed E-state index contributed by atoms with van der Waals surface area (Å²) >= 11 is 0. The molecular formula is C21H25NO2. The highest BCUT2D eigenvalue weighted by Crippen LogP contribution is 2.24. The van der Waals surface area contributed by atoms with Gasteiger partial charge in [-0.15, -0.1) is 0 Å².